The first kappa shape index (κ1) is 17.0. The second kappa shape index (κ2) is 6.21. The minimum Gasteiger partial charge on any atom is -0.478 e. The normalized spacial score (nSPS) is 13.4. The van der Waals surface area contributed by atoms with Gasteiger partial charge < -0.3 is 10.0 Å². The first-order chi connectivity index (χ1) is 11.8. The van der Waals surface area contributed by atoms with Gasteiger partial charge in [-0.05, 0) is 42.3 Å². The molecule has 1 aliphatic rings. The molecule has 8 heteroatoms. The van der Waals surface area contributed by atoms with Crippen molar-refractivity contribution in [1.82, 2.24) is 0 Å². The number of nitrogens with one attached hydrogen (secondary N) is 1. The van der Waals surface area contributed by atoms with Crippen LogP contribution in [0.3, 0.4) is 0 Å². The summed E-state index contributed by atoms with van der Waals surface area (Å²) < 4.78 is 27.4. The Morgan fingerprint density at radius 3 is 2.60 bits per heavy atom. The molecule has 130 valence electrons. The van der Waals surface area contributed by atoms with E-state index in [1.807, 2.05) is 0 Å². The Labute approximate surface area is 144 Å². The second-order valence-corrected chi connectivity index (χ2v) is 7.39. The van der Waals surface area contributed by atoms with E-state index < -0.39 is 16.0 Å². The van der Waals surface area contributed by atoms with Crippen molar-refractivity contribution < 1.29 is 23.1 Å². The summed E-state index contributed by atoms with van der Waals surface area (Å²) in [7, 11) is -3.94. The fraction of sp³-hybridized carbons (Fsp3) is 0.176. The van der Waals surface area contributed by atoms with E-state index in [1.165, 1.54) is 25.1 Å². The maximum Gasteiger partial charge on any atom is 0.335 e. The van der Waals surface area contributed by atoms with Crippen molar-refractivity contribution in [3.63, 3.8) is 0 Å². The molecule has 2 aromatic carbocycles. The predicted molar refractivity (Wildman–Crippen MR) is 92.4 cm³/mol. The maximum absolute atomic E-state index is 12.5. The first-order valence-corrected chi connectivity index (χ1v) is 9.03. The van der Waals surface area contributed by atoms with Crippen LogP contribution in [0, 0.1) is 0 Å². The van der Waals surface area contributed by atoms with Gasteiger partial charge >= 0.3 is 5.97 Å². The topological polar surface area (TPSA) is 104 Å². The Morgan fingerprint density at radius 2 is 1.92 bits per heavy atom. The number of carbonyl (C=O) groups is 2. The zero-order valence-corrected chi connectivity index (χ0v) is 14.2. The molecule has 3 rings (SSSR count). The fourth-order valence-electron chi connectivity index (χ4n) is 2.78. The lowest BCUT2D eigenvalue weighted by Crippen LogP contribution is -2.25. The lowest BCUT2D eigenvalue weighted by atomic mass is 10.1. The Morgan fingerprint density at radius 1 is 1.16 bits per heavy atom. The molecule has 0 fully saturated rings. The van der Waals surface area contributed by atoms with Gasteiger partial charge in [-0.1, -0.05) is 12.1 Å². The van der Waals surface area contributed by atoms with Gasteiger partial charge in [0.15, 0.2) is 0 Å². The highest BCUT2D eigenvalue weighted by molar-refractivity contribution is 7.92. The molecule has 0 saturated carbocycles. The lowest BCUT2D eigenvalue weighted by Gasteiger charge is -2.16. The van der Waals surface area contributed by atoms with E-state index in [4.69, 9.17) is 5.11 Å². The van der Waals surface area contributed by atoms with Crippen LogP contribution in [-0.4, -0.2) is 31.9 Å². The standard InChI is InChI=1S/C17H16N2O5S/c1-11(20)19-8-7-12-5-6-14(10-16(12)19)18-25(23,24)15-4-2-3-13(9-15)17(21)22/h2-6,9-10,18H,7-8H2,1H3,(H,21,22). The van der Waals surface area contributed by atoms with Crippen molar-refractivity contribution in [2.45, 2.75) is 18.2 Å². The van der Waals surface area contributed by atoms with Gasteiger partial charge in [-0.2, -0.15) is 0 Å². The van der Waals surface area contributed by atoms with Crippen molar-refractivity contribution >= 4 is 33.3 Å². The summed E-state index contributed by atoms with van der Waals surface area (Å²) in [5.74, 6) is -1.31. The molecule has 1 amide bonds. The highest BCUT2D eigenvalue weighted by Gasteiger charge is 2.23. The number of amides is 1. The fourth-order valence-corrected chi connectivity index (χ4v) is 3.88. The number of fused-ring (bicyclic) bond motifs is 1. The number of carbonyl (C=O) groups excluding carboxylic acids is 1. The number of hydrogen-bond donors (Lipinski definition) is 2. The summed E-state index contributed by atoms with van der Waals surface area (Å²) in [4.78, 5) is 24.1. The second-order valence-electron chi connectivity index (χ2n) is 5.70. The third-order valence-electron chi connectivity index (χ3n) is 4.00. The minimum atomic E-state index is -3.94. The van der Waals surface area contributed by atoms with Gasteiger partial charge in [0.1, 0.15) is 0 Å². The van der Waals surface area contributed by atoms with Crippen molar-refractivity contribution in [3.05, 3.63) is 53.6 Å². The molecule has 0 atom stereocenters. The zero-order chi connectivity index (χ0) is 18.2. The van der Waals surface area contributed by atoms with Crippen LogP contribution in [0.2, 0.25) is 0 Å². The number of rotatable bonds is 4. The quantitative estimate of drug-likeness (QED) is 0.869. The van der Waals surface area contributed by atoms with Crippen LogP contribution in [0.15, 0.2) is 47.4 Å². The molecule has 25 heavy (non-hydrogen) atoms. The highest BCUT2D eigenvalue weighted by Crippen LogP contribution is 2.31. The van der Waals surface area contributed by atoms with Crippen LogP contribution in [0.5, 0.6) is 0 Å². The van der Waals surface area contributed by atoms with Gasteiger partial charge in [0.25, 0.3) is 10.0 Å². The van der Waals surface area contributed by atoms with Gasteiger partial charge in [-0.15, -0.1) is 0 Å². The summed E-state index contributed by atoms with van der Waals surface area (Å²) in [5, 5.41) is 9.00. The van der Waals surface area contributed by atoms with Gasteiger partial charge in [0.2, 0.25) is 5.91 Å². The molecular weight excluding hydrogens is 344 g/mol. The van der Waals surface area contributed by atoms with Gasteiger partial charge in [0, 0.05) is 19.2 Å². The molecular formula is C17H16N2O5S. The van der Waals surface area contributed by atoms with Crippen LogP contribution in [0.1, 0.15) is 22.8 Å². The summed E-state index contributed by atoms with van der Waals surface area (Å²) in [6, 6.07) is 10.1. The number of anilines is 2. The molecule has 0 saturated heterocycles. The van der Waals surface area contributed by atoms with E-state index >= 15 is 0 Å². The smallest absolute Gasteiger partial charge is 0.335 e. The molecule has 2 aromatic rings. The van der Waals surface area contributed by atoms with E-state index in [2.05, 4.69) is 4.72 Å². The van der Waals surface area contributed by atoms with E-state index in [9.17, 15) is 18.0 Å². The SMILES string of the molecule is CC(=O)N1CCc2ccc(NS(=O)(=O)c3cccc(C(=O)O)c3)cc21. The van der Waals surface area contributed by atoms with Crippen LogP contribution < -0.4 is 9.62 Å². The van der Waals surface area contributed by atoms with Crippen LogP contribution in [-0.2, 0) is 21.2 Å². The molecule has 0 bridgehead atoms. The van der Waals surface area contributed by atoms with Crippen LogP contribution >= 0.6 is 0 Å². The number of nitrogens with zero attached hydrogens (tertiary/aromatic N) is 1. The van der Waals surface area contributed by atoms with Crippen molar-refractivity contribution in [3.8, 4) is 0 Å². The molecule has 0 unspecified atom stereocenters. The largest absolute Gasteiger partial charge is 0.478 e. The third kappa shape index (κ3) is 3.34. The molecule has 7 nitrogen and oxygen atoms in total. The molecule has 1 aliphatic heterocycles. The number of benzene rings is 2. The van der Waals surface area contributed by atoms with E-state index in [1.54, 1.807) is 23.1 Å². The average Bonchev–Trinajstić information content (AvgIpc) is 2.98. The lowest BCUT2D eigenvalue weighted by molar-refractivity contribution is -0.116. The summed E-state index contributed by atoms with van der Waals surface area (Å²) in [6.07, 6.45) is 0.725. The Bertz CT molecular complexity index is 969. The number of carboxylic acids is 1. The third-order valence-corrected chi connectivity index (χ3v) is 5.38. The highest BCUT2D eigenvalue weighted by atomic mass is 32.2. The summed E-state index contributed by atoms with van der Waals surface area (Å²) >= 11 is 0. The predicted octanol–water partition coefficient (Wildman–Crippen LogP) is 2.09. The Kier molecular flexibility index (Phi) is 4.22. The van der Waals surface area contributed by atoms with Gasteiger partial charge in [0.05, 0.1) is 16.1 Å². The van der Waals surface area contributed by atoms with Crippen molar-refractivity contribution in [1.29, 1.82) is 0 Å². The van der Waals surface area contributed by atoms with E-state index in [0.29, 0.717) is 17.9 Å². The van der Waals surface area contributed by atoms with Gasteiger partial charge in [-0.25, -0.2) is 13.2 Å². The Balaban J connectivity index is 1.92. The average molecular weight is 360 g/mol. The maximum atomic E-state index is 12.5. The summed E-state index contributed by atoms with van der Waals surface area (Å²) in [6.45, 7) is 2.03. The molecule has 0 spiro atoms. The van der Waals surface area contributed by atoms with Crippen LogP contribution in [0.4, 0.5) is 11.4 Å². The molecule has 0 radical (unpaired) electrons. The minimum absolute atomic E-state index is 0.104. The number of sulfonamides is 1. The van der Waals surface area contributed by atoms with Gasteiger partial charge in [-0.3, -0.25) is 9.52 Å². The molecule has 1 heterocycles. The monoisotopic (exact) mass is 360 g/mol. The zero-order valence-electron chi connectivity index (χ0n) is 13.4. The number of hydrogen-bond acceptors (Lipinski definition) is 4. The molecule has 0 aliphatic carbocycles. The Hall–Kier alpha value is -2.87. The van der Waals surface area contributed by atoms with E-state index in [0.717, 1.165) is 18.1 Å². The molecule has 2 N–H and O–H groups in total. The summed E-state index contributed by atoms with van der Waals surface area (Å²) in [5.41, 5.74) is 1.87. The number of carboxylic acid groups (broad SMARTS) is 1. The van der Waals surface area contributed by atoms with Crippen molar-refractivity contribution in [2.75, 3.05) is 16.2 Å². The van der Waals surface area contributed by atoms with E-state index in [-0.39, 0.29) is 16.4 Å². The van der Waals surface area contributed by atoms with Crippen molar-refractivity contribution in [2.24, 2.45) is 0 Å². The first-order valence-electron chi connectivity index (χ1n) is 7.55. The number of aromatic carboxylic acids is 1. The van der Waals surface area contributed by atoms with Crippen LogP contribution in [0.25, 0.3) is 0 Å². The molecule has 0 aromatic heterocycles.